The van der Waals surface area contributed by atoms with E-state index in [1.54, 1.807) is 62.3 Å². The maximum atomic E-state index is 15.0. The summed E-state index contributed by atoms with van der Waals surface area (Å²) in [7, 11) is 5.41. The first kappa shape index (κ1) is 71.3. The van der Waals surface area contributed by atoms with Crippen molar-refractivity contribution in [2.24, 2.45) is 23.7 Å². The SMILES string of the molecule is Cc1c2oc3c(C)ccc(C(=O)N[C@@H]4C(=O)N[C@H](C(C)C)C(=O)N5CCC[C@H]5C(=O)N(C)CC(=O)N(C)[C@@H](C(C)C)C(=O)O[C@@H]4C)c3nc-2c(C(=O)N[C@@H](C(=O)N[C@@H](C(=O)N2CCC[C@H]2C(=O)N(C)CC(=O)N(C)[C@H](C(=O)[O-])C(C)C)C(C)C)C(C)O)c(N)c1=O. The standard InChI is InChI=1S/C62H88N12O17/c1-27(2)42(59(85)73-23-17-19-36(73)57(83)69(13)25-38(76)71(15)48(29(5)6)61(87)88)65-55(81)44(33(11)75)67-54(80)40-41(63)50(78)32(10)52-47(40)64-46-35(22-21-31(9)51(46)91-52)53(79)68-45-34(12)90-62(89)49(30(7)8)72(16)39(77)26-70(14)58(84)37-20-18-24-74(37)60(86)43(28(3)4)66-56(45)82/h21-22,27-30,33-34,36-37,42-45,48-49,75H,17-20,23-26,63H2,1-16H3,(H,65,81)(H,66,82)(H,67,80)(H,68,79)(H,87,88)/p-1/t33?,34-,36+,37+,42-,43-,44-,45+,48+,49+/m1/s1. The van der Waals surface area contributed by atoms with Crippen LogP contribution < -0.4 is 37.5 Å². The fourth-order valence-corrected chi connectivity index (χ4v) is 12.0. The summed E-state index contributed by atoms with van der Waals surface area (Å²) in [5.74, 6) is -13.1. The first-order chi connectivity index (χ1) is 42.4. The number of carboxylic acids is 1. The maximum Gasteiger partial charge on any atom is 0.329 e. The van der Waals surface area contributed by atoms with Gasteiger partial charge in [-0.05, 0) is 88.7 Å². The van der Waals surface area contributed by atoms with Crippen molar-refractivity contribution in [2.75, 3.05) is 60.1 Å². The number of carboxylic acid groups (broad SMARTS) is 1. The van der Waals surface area contributed by atoms with E-state index in [2.05, 4.69) is 21.3 Å². The average molecular weight is 1270 g/mol. The fraction of sp³-hybridized carbons (Fsp3) is 0.613. The zero-order chi connectivity index (χ0) is 68.3. The first-order valence-electron chi connectivity index (χ1n) is 30.5. The Morgan fingerprint density at radius 2 is 1.48 bits per heavy atom. The number of aliphatic hydroxyl groups excluding tert-OH is 1. The number of amides is 10. The van der Waals surface area contributed by atoms with Gasteiger partial charge < -0.3 is 80.6 Å². The number of nitrogen functional groups attached to an aromatic ring is 1. The van der Waals surface area contributed by atoms with Gasteiger partial charge >= 0.3 is 5.97 Å². The maximum absolute atomic E-state index is 15.0. The van der Waals surface area contributed by atoms with Crippen molar-refractivity contribution in [3.8, 4) is 11.5 Å². The Hall–Kier alpha value is -8.76. The van der Waals surface area contributed by atoms with Gasteiger partial charge in [-0.1, -0.05) is 61.5 Å². The fourth-order valence-electron chi connectivity index (χ4n) is 12.0. The summed E-state index contributed by atoms with van der Waals surface area (Å²) in [6.07, 6.45) is -1.91. The lowest BCUT2D eigenvalue weighted by molar-refractivity contribution is -0.312. The molecule has 0 spiro atoms. The second-order valence-corrected chi connectivity index (χ2v) is 25.5. The van der Waals surface area contributed by atoms with Crippen LogP contribution in [-0.4, -0.2) is 225 Å². The summed E-state index contributed by atoms with van der Waals surface area (Å²) in [6, 6.07) is -8.05. The van der Waals surface area contributed by atoms with E-state index in [1.807, 2.05) is 0 Å². The monoisotopic (exact) mass is 1270 g/mol. The molecule has 498 valence electrons. The molecule has 1 aliphatic carbocycles. The van der Waals surface area contributed by atoms with Gasteiger partial charge in [-0.15, -0.1) is 0 Å². The second kappa shape index (κ2) is 29.0. The van der Waals surface area contributed by atoms with Crippen molar-refractivity contribution in [3.05, 3.63) is 44.6 Å². The number of cyclic esters (lactones) is 1. The minimum atomic E-state index is -1.87. The first-order valence-corrected chi connectivity index (χ1v) is 30.5. The minimum absolute atomic E-state index is 0.0763. The lowest BCUT2D eigenvalue weighted by Crippen LogP contribution is -2.61. The summed E-state index contributed by atoms with van der Waals surface area (Å²) in [6.45, 7) is 17.8. The van der Waals surface area contributed by atoms with Gasteiger partial charge in [-0.25, -0.2) is 9.78 Å². The number of benzene rings is 2. The van der Waals surface area contributed by atoms with Crippen LogP contribution in [0.1, 0.15) is 127 Å². The van der Waals surface area contributed by atoms with Crippen LogP contribution in [0.2, 0.25) is 0 Å². The molecule has 1 unspecified atom stereocenters. The molecule has 3 fully saturated rings. The number of nitrogens with one attached hydrogen (secondary N) is 4. The van der Waals surface area contributed by atoms with Crippen LogP contribution in [0, 0.1) is 37.5 Å². The highest BCUT2D eigenvalue weighted by Gasteiger charge is 2.45. The molecule has 5 aliphatic rings. The van der Waals surface area contributed by atoms with E-state index < -0.39 is 191 Å². The number of carbonyl (C=O) groups excluding carboxylic acids is 12. The van der Waals surface area contributed by atoms with E-state index in [-0.39, 0.29) is 53.9 Å². The van der Waals surface area contributed by atoms with E-state index in [1.165, 1.54) is 75.8 Å². The molecular weight excluding hydrogens is 1180 g/mol. The van der Waals surface area contributed by atoms with Crippen molar-refractivity contribution >= 4 is 87.8 Å². The molecule has 0 bridgehead atoms. The van der Waals surface area contributed by atoms with Crippen LogP contribution in [0.3, 0.4) is 0 Å². The van der Waals surface area contributed by atoms with Crippen LogP contribution in [0.15, 0.2) is 21.3 Å². The van der Waals surface area contributed by atoms with Gasteiger partial charge in [0.1, 0.15) is 59.6 Å². The highest BCUT2D eigenvalue weighted by molar-refractivity contribution is 6.10. The molecule has 4 aliphatic heterocycles. The quantitative estimate of drug-likeness (QED) is 0.0531. The third kappa shape index (κ3) is 15.0. The van der Waals surface area contributed by atoms with Crippen LogP contribution in [0.4, 0.5) is 5.69 Å². The second-order valence-electron chi connectivity index (χ2n) is 25.5. The van der Waals surface area contributed by atoms with Gasteiger partial charge in [0.25, 0.3) is 11.8 Å². The number of hydrogen-bond donors (Lipinski definition) is 6. The minimum Gasteiger partial charge on any atom is -0.548 e. The van der Waals surface area contributed by atoms with E-state index >= 15 is 0 Å². The van der Waals surface area contributed by atoms with E-state index in [9.17, 15) is 72.5 Å². The van der Waals surface area contributed by atoms with Crippen molar-refractivity contribution in [1.82, 2.24) is 55.7 Å². The molecule has 4 heterocycles. The number of likely N-dealkylation sites (tertiary alicyclic amines) is 1. The molecule has 29 heteroatoms. The largest absolute Gasteiger partial charge is 0.548 e. The van der Waals surface area contributed by atoms with Gasteiger partial charge in [0.2, 0.25) is 52.7 Å². The van der Waals surface area contributed by atoms with Crippen molar-refractivity contribution in [2.45, 2.75) is 169 Å². The molecule has 0 radical (unpaired) electrons. The number of carbonyl (C=O) groups is 12. The Balaban J connectivity index is 1.34. The number of aryl methyl sites for hydroxylation is 1. The zero-order valence-corrected chi connectivity index (χ0v) is 54.6. The van der Waals surface area contributed by atoms with Gasteiger partial charge in [0.05, 0.1) is 48.0 Å². The Morgan fingerprint density at radius 1 is 0.846 bits per heavy atom. The molecule has 10 atom stereocenters. The Labute approximate surface area is 527 Å². The normalized spacial score (nSPS) is 21.8. The Morgan fingerprint density at radius 3 is 2.07 bits per heavy atom. The van der Waals surface area contributed by atoms with E-state index in [0.717, 1.165) is 14.7 Å². The highest BCUT2D eigenvalue weighted by Crippen LogP contribution is 2.35. The number of anilines is 1. The predicted molar refractivity (Wildman–Crippen MR) is 327 cm³/mol. The van der Waals surface area contributed by atoms with Crippen LogP contribution >= 0.6 is 0 Å². The molecule has 0 aromatic heterocycles. The number of likely N-dealkylation sites (N-methyl/N-ethyl adjacent to an activating group) is 4. The van der Waals surface area contributed by atoms with Crippen LogP contribution in [0.5, 0.6) is 0 Å². The molecule has 29 nitrogen and oxygen atoms in total. The number of aliphatic carboxylic acids is 1. The number of ether oxygens (including phenoxy) is 1. The topological polar surface area (TPSA) is 394 Å². The summed E-state index contributed by atoms with van der Waals surface area (Å²) in [5.41, 5.74) is 3.46. The molecular formula is C62H87N12O17-. The van der Waals surface area contributed by atoms with Crippen molar-refractivity contribution in [3.63, 3.8) is 0 Å². The molecule has 0 saturated carbocycles. The number of aromatic nitrogens is 1. The molecule has 7 N–H and O–H groups in total. The summed E-state index contributed by atoms with van der Waals surface area (Å²) in [4.78, 5) is 194. The molecule has 10 amide bonds. The average Bonchev–Trinajstić information content (AvgIpc) is 1.77. The van der Waals surface area contributed by atoms with Gasteiger partial charge in [0, 0.05) is 46.8 Å². The highest BCUT2D eigenvalue weighted by atomic mass is 16.5. The van der Waals surface area contributed by atoms with Gasteiger partial charge in [0.15, 0.2) is 11.3 Å². The number of esters is 1. The Kier molecular flexibility index (Phi) is 22.7. The third-order valence-electron chi connectivity index (χ3n) is 17.2. The molecule has 3 saturated heterocycles. The number of nitrogens with two attached hydrogens (primary N) is 1. The van der Waals surface area contributed by atoms with Crippen LogP contribution in [0.25, 0.3) is 22.6 Å². The molecule has 1 aromatic rings. The number of hydrogen-bond acceptors (Lipinski definition) is 19. The summed E-state index contributed by atoms with van der Waals surface area (Å²) < 4.78 is 12.3. The zero-order valence-electron chi connectivity index (χ0n) is 54.6. The molecule has 6 rings (SSSR count). The molecule has 91 heavy (non-hydrogen) atoms. The van der Waals surface area contributed by atoms with E-state index in [4.69, 9.17) is 19.9 Å². The number of aliphatic hydroxyl groups is 1. The number of rotatable bonds is 17. The van der Waals surface area contributed by atoms with E-state index in [0.29, 0.717) is 18.4 Å². The van der Waals surface area contributed by atoms with Gasteiger partial charge in [-0.2, -0.15) is 0 Å². The van der Waals surface area contributed by atoms with Crippen molar-refractivity contribution < 1.29 is 76.9 Å². The van der Waals surface area contributed by atoms with Crippen LogP contribution in [-0.2, 0) is 52.7 Å². The number of fused-ring (bicyclic) bond motifs is 3. The Bertz CT molecular complexity index is 3400. The molecule has 1 aromatic carbocycles. The predicted octanol–water partition coefficient (Wildman–Crippen LogP) is -1.09. The summed E-state index contributed by atoms with van der Waals surface area (Å²) >= 11 is 0. The van der Waals surface area contributed by atoms with Crippen molar-refractivity contribution in [1.29, 1.82) is 0 Å². The number of nitrogens with zero attached hydrogens (tertiary/aromatic N) is 7. The lowest BCUT2D eigenvalue weighted by Gasteiger charge is -2.36. The lowest BCUT2D eigenvalue weighted by atomic mass is 9.98. The summed E-state index contributed by atoms with van der Waals surface area (Å²) in [5, 5.41) is 33.4. The smallest absolute Gasteiger partial charge is 0.329 e. The van der Waals surface area contributed by atoms with Gasteiger partial charge in [-0.3, -0.25) is 52.7 Å². The third-order valence-corrected chi connectivity index (χ3v) is 17.2.